The molecule has 1 aliphatic rings. The van der Waals surface area contributed by atoms with E-state index in [9.17, 15) is 4.79 Å². The average molecular weight is 436 g/mol. The molecule has 3 rings (SSSR count). The van der Waals surface area contributed by atoms with Crippen LogP contribution in [0.4, 0.5) is 17.5 Å². The fourth-order valence-electron chi connectivity index (χ4n) is 3.82. The molecule has 2 N–H and O–H groups in total. The molecule has 1 aromatic carbocycles. The third-order valence-electron chi connectivity index (χ3n) is 5.41. The van der Waals surface area contributed by atoms with E-state index in [0.29, 0.717) is 17.9 Å². The summed E-state index contributed by atoms with van der Waals surface area (Å²) in [5, 5.41) is 15.6. The highest BCUT2D eigenvalue weighted by Gasteiger charge is 2.25. The van der Waals surface area contributed by atoms with Crippen molar-refractivity contribution in [2.45, 2.75) is 45.1 Å². The Balaban J connectivity index is 1.66. The summed E-state index contributed by atoms with van der Waals surface area (Å²) in [6.45, 7) is 4.63. The van der Waals surface area contributed by atoms with Crippen molar-refractivity contribution in [1.82, 2.24) is 20.2 Å². The van der Waals surface area contributed by atoms with Crippen LogP contribution in [-0.4, -0.2) is 60.5 Å². The van der Waals surface area contributed by atoms with Crippen LogP contribution in [0.1, 0.15) is 43.9 Å². The third kappa shape index (κ3) is 6.92. The molecule has 1 aromatic heterocycles. The number of carbonyl (C=O) groups excluding carboxylic acids is 1. The minimum atomic E-state index is 0.118. The van der Waals surface area contributed by atoms with Crippen molar-refractivity contribution in [3.63, 3.8) is 0 Å². The Morgan fingerprint density at radius 2 is 2.16 bits per heavy atom. The lowest BCUT2D eigenvalue weighted by Crippen LogP contribution is -2.37. The molecular weight excluding hydrogens is 402 g/mol. The van der Waals surface area contributed by atoms with Gasteiger partial charge in [0.05, 0.1) is 11.6 Å². The maximum atomic E-state index is 12.3. The van der Waals surface area contributed by atoms with Crippen LogP contribution >= 0.6 is 0 Å². The maximum absolute atomic E-state index is 12.3. The van der Waals surface area contributed by atoms with Crippen molar-refractivity contribution < 1.29 is 4.79 Å². The van der Waals surface area contributed by atoms with Crippen LogP contribution in [0.2, 0.25) is 0 Å². The van der Waals surface area contributed by atoms with E-state index >= 15 is 0 Å². The summed E-state index contributed by atoms with van der Waals surface area (Å²) >= 11 is 0. The Kier molecular flexibility index (Phi) is 8.40. The largest absolute Gasteiger partial charge is 0.354 e. The van der Waals surface area contributed by atoms with Crippen LogP contribution in [-0.2, 0) is 11.2 Å². The number of nitrogens with one attached hydrogen (secondary N) is 2. The topological polar surface area (TPSA) is 97.2 Å². The molecule has 2 aromatic rings. The van der Waals surface area contributed by atoms with Gasteiger partial charge in [0.1, 0.15) is 5.82 Å². The molecule has 1 atom stereocenters. The van der Waals surface area contributed by atoms with Crippen molar-refractivity contribution in [3.05, 3.63) is 41.6 Å². The Morgan fingerprint density at radius 3 is 2.91 bits per heavy atom. The smallest absolute Gasteiger partial charge is 0.229 e. The first-order valence-electron chi connectivity index (χ1n) is 11.3. The normalized spacial score (nSPS) is 15.6. The highest BCUT2D eigenvalue weighted by Crippen LogP contribution is 2.23. The number of amides is 1. The zero-order chi connectivity index (χ0) is 22.9. The van der Waals surface area contributed by atoms with Crippen molar-refractivity contribution in [2.24, 2.45) is 0 Å². The first-order chi connectivity index (χ1) is 15.5. The Labute approximate surface area is 190 Å². The molecule has 8 nitrogen and oxygen atoms in total. The van der Waals surface area contributed by atoms with Crippen LogP contribution in [0, 0.1) is 11.3 Å². The summed E-state index contributed by atoms with van der Waals surface area (Å²) < 4.78 is 0. The maximum Gasteiger partial charge on any atom is 0.229 e. The van der Waals surface area contributed by atoms with Gasteiger partial charge < -0.3 is 20.4 Å². The van der Waals surface area contributed by atoms with E-state index in [1.165, 1.54) is 0 Å². The Morgan fingerprint density at radius 1 is 1.31 bits per heavy atom. The number of hydrogen-bond donors (Lipinski definition) is 2. The minimum absolute atomic E-state index is 0.118. The zero-order valence-corrected chi connectivity index (χ0v) is 19.3. The summed E-state index contributed by atoms with van der Waals surface area (Å²) in [4.78, 5) is 26.0. The molecule has 0 saturated carbocycles. The second-order valence-corrected chi connectivity index (χ2v) is 8.51. The van der Waals surface area contributed by atoms with Gasteiger partial charge >= 0.3 is 0 Å². The highest BCUT2D eigenvalue weighted by molar-refractivity contribution is 5.76. The lowest BCUT2D eigenvalue weighted by molar-refractivity contribution is -0.121. The molecule has 1 fully saturated rings. The van der Waals surface area contributed by atoms with E-state index in [4.69, 9.17) is 10.2 Å². The third-order valence-corrected chi connectivity index (χ3v) is 5.41. The van der Waals surface area contributed by atoms with Gasteiger partial charge in [0.25, 0.3) is 0 Å². The van der Waals surface area contributed by atoms with Crippen molar-refractivity contribution in [2.75, 3.05) is 43.9 Å². The van der Waals surface area contributed by atoms with Gasteiger partial charge in [-0.2, -0.15) is 10.2 Å². The van der Waals surface area contributed by atoms with Gasteiger partial charge in [0, 0.05) is 43.0 Å². The number of aromatic nitrogens is 2. The molecule has 32 heavy (non-hydrogen) atoms. The number of nitrogens with zero attached hydrogens (tertiary/aromatic N) is 5. The Hall–Kier alpha value is -3.18. The second-order valence-electron chi connectivity index (χ2n) is 8.51. The van der Waals surface area contributed by atoms with Gasteiger partial charge in [-0.1, -0.05) is 19.4 Å². The standard InChI is InChI=1S/C24H33N7O/c1-4-7-19-15-22(29-24(27-19)28-20-9-5-8-18(14-20)16-25)31-13-11-21(17-31)26-23(32)10-6-12-30(2)3/h5,8-9,14-15,21H,4,6-7,10-13,17H2,1-3H3,(H,26,32)(H,27,28,29)/t21-/m0/s1. The lowest BCUT2D eigenvalue weighted by atomic mass is 10.2. The van der Waals surface area contributed by atoms with E-state index in [1.54, 1.807) is 12.1 Å². The number of anilines is 3. The fraction of sp³-hybridized carbons (Fsp3) is 0.500. The Bertz CT molecular complexity index is 954. The fourth-order valence-corrected chi connectivity index (χ4v) is 3.82. The van der Waals surface area contributed by atoms with Crippen LogP contribution in [0.15, 0.2) is 30.3 Å². The van der Waals surface area contributed by atoms with Gasteiger partial charge in [-0.3, -0.25) is 4.79 Å². The number of aryl methyl sites for hydroxylation is 1. The summed E-state index contributed by atoms with van der Waals surface area (Å²) in [6.07, 6.45) is 4.18. The molecule has 1 saturated heterocycles. The molecule has 0 radical (unpaired) electrons. The first-order valence-corrected chi connectivity index (χ1v) is 11.3. The van der Waals surface area contributed by atoms with Gasteiger partial charge in [0.2, 0.25) is 11.9 Å². The zero-order valence-electron chi connectivity index (χ0n) is 19.3. The monoisotopic (exact) mass is 435 g/mol. The average Bonchev–Trinajstić information content (AvgIpc) is 3.22. The van der Waals surface area contributed by atoms with Gasteiger partial charge in [-0.15, -0.1) is 0 Å². The molecule has 1 amide bonds. The minimum Gasteiger partial charge on any atom is -0.354 e. The molecular formula is C24H33N7O. The predicted octanol–water partition coefficient (Wildman–Crippen LogP) is 3.08. The number of carbonyl (C=O) groups is 1. The van der Waals surface area contributed by atoms with Crippen LogP contribution in [0.3, 0.4) is 0 Å². The summed E-state index contributed by atoms with van der Waals surface area (Å²) in [5.74, 6) is 1.51. The molecule has 0 spiro atoms. The van der Waals surface area contributed by atoms with Crippen molar-refractivity contribution in [1.29, 1.82) is 5.26 Å². The highest BCUT2D eigenvalue weighted by atomic mass is 16.1. The molecule has 0 aliphatic carbocycles. The van der Waals surface area contributed by atoms with E-state index in [2.05, 4.69) is 38.4 Å². The summed E-state index contributed by atoms with van der Waals surface area (Å²) in [5.41, 5.74) is 2.35. The number of hydrogen-bond acceptors (Lipinski definition) is 7. The number of nitriles is 1. The molecule has 1 aliphatic heterocycles. The van der Waals surface area contributed by atoms with Crippen LogP contribution < -0.4 is 15.5 Å². The van der Waals surface area contributed by atoms with Crippen LogP contribution in [0.5, 0.6) is 0 Å². The summed E-state index contributed by atoms with van der Waals surface area (Å²) in [6, 6.07) is 11.6. The van der Waals surface area contributed by atoms with Gasteiger partial charge in [0.15, 0.2) is 0 Å². The lowest BCUT2D eigenvalue weighted by Gasteiger charge is -2.20. The molecule has 8 heteroatoms. The molecule has 0 unspecified atom stereocenters. The quantitative estimate of drug-likeness (QED) is 0.592. The van der Waals surface area contributed by atoms with E-state index in [1.807, 2.05) is 32.3 Å². The first kappa shape index (κ1) is 23.5. The number of rotatable bonds is 10. The van der Waals surface area contributed by atoms with Crippen molar-refractivity contribution in [3.8, 4) is 6.07 Å². The molecule has 2 heterocycles. The van der Waals surface area contributed by atoms with Crippen molar-refractivity contribution >= 4 is 23.4 Å². The predicted molar refractivity (Wildman–Crippen MR) is 127 cm³/mol. The van der Waals surface area contributed by atoms with Crippen LogP contribution in [0.25, 0.3) is 0 Å². The van der Waals surface area contributed by atoms with E-state index < -0.39 is 0 Å². The second kappa shape index (κ2) is 11.4. The molecule has 0 bridgehead atoms. The summed E-state index contributed by atoms with van der Waals surface area (Å²) in [7, 11) is 4.04. The van der Waals surface area contributed by atoms with Gasteiger partial charge in [-0.05, 0) is 58.1 Å². The van der Waals surface area contributed by atoms with Gasteiger partial charge in [-0.25, -0.2) is 4.98 Å². The number of benzene rings is 1. The SMILES string of the molecule is CCCc1cc(N2CC[C@H](NC(=O)CCCN(C)C)C2)nc(Nc2cccc(C#N)c2)n1. The van der Waals surface area contributed by atoms with E-state index in [0.717, 1.165) is 62.5 Å². The van der Waals surface area contributed by atoms with E-state index in [-0.39, 0.29) is 11.9 Å². The molecule has 170 valence electrons.